The monoisotopic (exact) mass is 341 g/mol. The number of hydrogen-bond donors (Lipinski definition) is 1. The van der Waals surface area contributed by atoms with Crippen molar-refractivity contribution < 1.29 is 19.1 Å². The SMILES string of the molecule is CCOc1ccccc1NC(=O)[C@]1(C)Oc2cccnc2N(C)C1=O. The molecular formula is C18H19N3O4. The van der Waals surface area contributed by atoms with Crippen molar-refractivity contribution in [3.63, 3.8) is 0 Å². The van der Waals surface area contributed by atoms with E-state index in [1.807, 2.05) is 6.92 Å². The molecule has 0 saturated heterocycles. The third-order valence-corrected chi connectivity index (χ3v) is 3.96. The highest BCUT2D eigenvalue weighted by molar-refractivity contribution is 6.19. The van der Waals surface area contributed by atoms with Crippen LogP contribution in [-0.4, -0.2) is 36.1 Å². The molecule has 0 saturated carbocycles. The maximum atomic E-state index is 12.9. The molecule has 0 bridgehead atoms. The predicted octanol–water partition coefficient (Wildman–Crippen LogP) is 2.23. The van der Waals surface area contributed by atoms with Gasteiger partial charge in [-0.3, -0.25) is 14.5 Å². The van der Waals surface area contributed by atoms with E-state index in [1.165, 1.54) is 11.8 Å². The van der Waals surface area contributed by atoms with Crippen molar-refractivity contribution in [2.24, 2.45) is 0 Å². The average Bonchev–Trinajstić information content (AvgIpc) is 2.61. The quantitative estimate of drug-likeness (QED) is 0.863. The summed E-state index contributed by atoms with van der Waals surface area (Å²) in [6.07, 6.45) is 1.56. The molecule has 1 aliphatic rings. The summed E-state index contributed by atoms with van der Waals surface area (Å²) in [5, 5.41) is 2.73. The van der Waals surface area contributed by atoms with Crippen molar-refractivity contribution in [1.82, 2.24) is 4.98 Å². The van der Waals surface area contributed by atoms with E-state index in [4.69, 9.17) is 9.47 Å². The lowest BCUT2D eigenvalue weighted by atomic mass is 10.0. The lowest BCUT2D eigenvalue weighted by Gasteiger charge is -2.37. The van der Waals surface area contributed by atoms with Crippen LogP contribution in [0.5, 0.6) is 11.5 Å². The Morgan fingerprint density at radius 2 is 2.08 bits per heavy atom. The van der Waals surface area contributed by atoms with Crippen molar-refractivity contribution >= 4 is 23.3 Å². The second-order valence-corrected chi connectivity index (χ2v) is 5.71. The van der Waals surface area contributed by atoms with Gasteiger partial charge in [-0.25, -0.2) is 4.98 Å². The molecule has 7 heteroatoms. The van der Waals surface area contributed by atoms with Crippen molar-refractivity contribution in [1.29, 1.82) is 0 Å². The van der Waals surface area contributed by atoms with Crippen LogP contribution in [0.15, 0.2) is 42.6 Å². The van der Waals surface area contributed by atoms with Crippen molar-refractivity contribution in [2.45, 2.75) is 19.4 Å². The van der Waals surface area contributed by atoms with E-state index in [1.54, 1.807) is 49.6 Å². The number of rotatable bonds is 4. The average molecular weight is 341 g/mol. The maximum absolute atomic E-state index is 12.9. The second kappa shape index (κ2) is 6.43. The van der Waals surface area contributed by atoms with Gasteiger partial charge in [0.15, 0.2) is 11.6 Å². The van der Waals surface area contributed by atoms with E-state index in [0.29, 0.717) is 29.6 Å². The fourth-order valence-corrected chi connectivity index (χ4v) is 2.63. The number of pyridine rings is 1. The summed E-state index contributed by atoms with van der Waals surface area (Å²) in [5.74, 6) is 0.213. The number of para-hydroxylation sites is 2. The van der Waals surface area contributed by atoms with E-state index in [9.17, 15) is 9.59 Å². The van der Waals surface area contributed by atoms with Gasteiger partial charge in [-0.1, -0.05) is 12.1 Å². The van der Waals surface area contributed by atoms with Crippen molar-refractivity contribution in [3.05, 3.63) is 42.6 Å². The summed E-state index contributed by atoms with van der Waals surface area (Å²) in [7, 11) is 1.57. The van der Waals surface area contributed by atoms with Crippen LogP contribution in [0.3, 0.4) is 0 Å². The zero-order valence-corrected chi connectivity index (χ0v) is 14.3. The Morgan fingerprint density at radius 1 is 1.32 bits per heavy atom. The molecule has 7 nitrogen and oxygen atoms in total. The molecule has 2 aromatic rings. The standard InChI is InChI=1S/C18H19N3O4/c1-4-24-13-9-6-5-8-12(13)20-16(22)18(2)17(23)21(3)15-14(25-18)10-7-11-19-15/h5-11H,4H2,1-3H3,(H,20,22)/t18-/m0/s1. The summed E-state index contributed by atoms with van der Waals surface area (Å²) >= 11 is 0. The minimum Gasteiger partial charge on any atom is -0.492 e. The van der Waals surface area contributed by atoms with Gasteiger partial charge >= 0.3 is 0 Å². The van der Waals surface area contributed by atoms with Crippen LogP contribution in [0.1, 0.15) is 13.8 Å². The molecule has 3 rings (SSSR count). The van der Waals surface area contributed by atoms with Crippen molar-refractivity contribution in [2.75, 3.05) is 23.9 Å². The number of fused-ring (bicyclic) bond motifs is 1. The van der Waals surface area contributed by atoms with Gasteiger partial charge in [-0.05, 0) is 38.1 Å². The van der Waals surface area contributed by atoms with Crippen LogP contribution in [0.25, 0.3) is 0 Å². The third kappa shape index (κ3) is 2.88. The number of nitrogens with one attached hydrogen (secondary N) is 1. The van der Waals surface area contributed by atoms with Gasteiger partial charge in [0.25, 0.3) is 17.4 Å². The van der Waals surface area contributed by atoms with Crippen LogP contribution in [0.2, 0.25) is 0 Å². The number of hydrogen-bond acceptors (Lipinski definition) is 5. The number of carbonyl (C=O) groups is 2. The number of nitrogens with zero attached hydrogens (tertiary/aromatic N) is 2. The minimum absolute atomic E-state index is 0.375. The Labute approximate surface area is 145 Å². The molecule has 1 aromatic heterocycles. The normalized spacial score (nSPS) is 19.0. The molecule has 0 spiro atoms. The Bertz CT molecular complexity index is 823. The van der Waals surface area contributed by atoms with E-state index in [-0.39, 0.29) is 0 Å². The molecule has 1 aromatic carbocycles. The largest absolute Gasteiger partial charge is 0.492 e. The molecule has 25 heavy (non-hydrogen) atoms. The molecule has 1 N–H and O–H groups in total. The van der Waals surface area contributed by atoms with Gasteiger partial charge in [0.05, 0.1) is 12.3 Å². The van der Waals surface area contributed by atoms with Crippen LogP contribution in [0, 0.1) is 0 Å². The van der Waals surface area contributed by atoms with Gasteiger partial charge in [0.1, 0.15) is 5.75 Å². The molecule has 2 amide bonds. The van der Waals surface area contributed by atoms with Gasteiger partial charge in [0, 0.05) is 13.2 Å². The highest BCUT2D eigenvalue weighted by atomic mass is 16.5. The number of benzene rings is 1. The first-order valence-corrected chi connectivity index (χ1v) is 7.93. The summed E-state index contributed by atoms with van der Waals surface area (Å²) in [5.41, 5.74) is -1.23. The Balaban J connectivity index is 1.91. The van der Waals surface area contributed by atoms with E-state index >= 15 is 0 Å². The first-order chi connectivity index (χ1) is 12.0. The van der Waals surface area contributed by atoms with E-state index < -0.39 is 17.4 Å². The molecule has 0 aliphatic carbocycles. The fraction of sp³-hybridized carbons (Fsp3) is 0.278. The number of aromatic nitrogens is 1. The highest BCUT2D eigenvalue weighted by Crippen LogP contribution is 2.36. The molecule has 1 atom stereocenters. The predicted molar refractivity (Wildman–Crippen MR) is 92.9 cm³/mol. The van der Waals surface area contributed by atoms with Gasteiger partial charge in [0.2, 0.25) is 0 Å². The fourth-order valence-electron chi connectivity index (χ4n) is 2.63. The lowest BCUT2D eigenvalue weighted by molar-refractivity contribution is -0.145. The smallest absolute Gasteiger partial charge is 0.281 e. The Morgan fingerprint density at radius 3 is 2.84 bits per heavy atom. The highest BCUT2D eigenvalue weighted by Gasteiger charge is 2.50. The van der Waals surface area contributed by atoms with Crippen LogP contribution >= 0.6 is 0 Å². The summed E-state index contributed by atoms with van der Waals surface area (Å²) in [6, 6.07) is 10.4. The zero-order chi connectivity index (χ0) is 18.0. The van der Waals surface area contributed by atoms with Crippen molar-refractivity contribution in [3.8, 4) is 11.5 Å². The van der Waals surface area contributed by atoms with Gasteiger partial charge in [-0.2, -0.15) is 0 Å². The topological polar surface area (TPSA) is 80.8 Å². The summed E-state index contributed by atoms with van der Waals surface area (Å²) < 4.78 is 11.2. The van der Waals surface area contributed by atoms with E-state index in [2.05, 4.69) is 10.3 Å². The van der Waals surface area contributed by atoms with Crippen LogP contribution in [-0.2, 0) is 9.59 Å². The number of likely N-dealkylation sites (N-methyl/N-ethyl adjacent to an activating group) is 1. The van der Waals surface area contributed by atoms with Gasteiger partial charge in [-0.15, -0.1) is 0 Å². The lowest BCUT2D eigenvalue weighted by Crippen LogP contribution is -2.60. The minimum atomic E-state index is -1.70. The van der Waals surface area contributed by atoms with Gasteiger partial charge < -0.3 is 14.8 Å². The molecule has 130 valence electrons. The van der Waals surface area contributed by atoms with Crippen LogP contribution < -0.4 is 19.7 Å². The molecule has 0 fully saturated rings. The Kier molecular flexibility index (Phi) is 4.31. The molecular weight excluding hydrogens is 322 g/mol. The maximum Gasteiger partial charge on any atom is 0.281 e. The third-order valence-electron chi connectivity index (χ3n) is 3.96. The number of amides is 2. The Hall–Kier alpha value is -3.09. The number of ether oxygens (including phenoxy) is 2. The second-order valence-electron chi connectivity index (χ2n) is 5.71. The number of carbonyl (C=O) groups excluding carboxylic acids is 2. The van der Waals surface area contributed by atoms with Crippen LogP contribution in [0.4, 0.5) is 11.5 Å². The molecule has 0 unspecified atom stereocenters. The molecule has 1 aliphatic heterocycles. The first-order valence-electron chi connectivity index (χ1n) is 7.93. The first kappa shape index (κ1) is 16.8. The molecule has 2 heterocycles. The summed E-state index contributed by atoms with van der Waals surface area (Å²) in [4.78, 5) is 31.0. The number of anilines is 2. The van der Waals surface area contributed by atoms with E-state index in [0.717, 1.165) is 0 Å². The molecule has 0 radical (unpaired) electrons. The zero-order valence-electron chi connectivity index (χ0n) is 14.3. The summed E-state index contributed by atoms with van der Waals surface area (Å²) in [6.45, 7) is 3.76.